The van der Waals surface area contributed by atoms with E-state index in [-0.39, 0.29) is 42.8 Å². The van der Waals surface area contributed by atoms with E-state index in [9.17, 15) is 14.4 Å². The number of nitrogens with zero attached hydrogens (tertiary/aromatic N) is 1. The van der Waals surface area contributed by atoms with Crippen molar-refractivity contribution < 1.29 is 19.1 Å². The van der Waals surface area contributed by atoms with Gasteiger partial charge in [0.05, 0.1) is 12.0 Å². The number of likely N-dealkylation sites (tertiary alicyclic amines) is 1. The minimum absolute atomic E-state index is 0.137. The van der Waals surface area contributed by atoms with E-state index >= 15 is 0 Å². The van der Waals surface area contributed by atoms with Gasteiger partial charge in [-0.3, -0.25) is 14.4 Å². The van der Waals surface area contributed by atoms with Crippen LogP contribution in [0.15, 0.2) is 54.6 Å². The smallest absolute Gasteiger partial charge is 0.314 e. The fourth-order valence-electron chi connectivity index (χ4n) is 6.05. The molecule has 2 atom stereocenters. The van der Waals surface area contributed by atoms with Crippen LogP contribution in [0.1, 0.15) is 56.7 Å². The second-order valence-electron chi connectivity index (χ2n) is 11.4. The zero-order valence-electron chi connectivity index (χ0n) is 22.9. The highest BCUT2D eigenvalue weighted by molar-refractivity contribution is 5.92. The number of hydrogen-bond acceptors (Lipinski definition) is 5. The molecule has 204 valence electrons. The largest absolute Gasteiger partial charge is 0.466 e. The number of nitrogens with one attached hydrogen (secondary N) is 1. The average Bonchev–Trinajstić information content (AvgIpc) is 3.31. The summed E-state index contributed by atoms with van der Waals surface area (Å²) in [6, 6.07) is 18.1. The van der Waals surface area contributed by atoms with E-state index < -0.39 is 11.1 Å². The summed E-state index contributed by atoms with van der Waals surface area (Å²) in [7, 11) is 0. The van der Waals surface area contributed by atoms with Crippen molar-refractivity contribution >= 4 is 17.8 Å². The van der Waals surface area contributed by atoms with Crippen LogP contribution in [0.4, 0.5) is 0 Å². The molecule has 0 saturated carbocycles. The number of piperidine rings is 1. The molecule has 0 radical (unpaired) electrons. The summed E-state index contributed by atoms with van der Waals surface area (Å²) >= 11 is 0. The van der Waals surface area contributed by atoms with Crippen molar-refractivity contribution in [3.05, 3.63) is 71.3 Å². The Hall–Kier alpha value is -3.19. The first-order valence-corrected chi connectivity index (χ1v) is 13.8. The number of benzene rings is 2. The summed E-state index contributed by atoms with van der Waals surface area (Å²) < 4.78 is 5.53. The number of hydrogen-bond donors (Lipinski definition) is 2. The molecule has 2 amide bonds. The van der Waals surface area contributed by atoms with Gasteiger partial charge >= 0.3 is 5.97 Å². The first-order chi connectivity index (χ1) is 18.2. The molecule has 2 aromatic rings. The fraction of sp³-hybridized carbons (Fsp3) is 0.516. The van der Waals surface area contributed by atoms with Crippen molar-refractivity contribution in [3.8, 4) is 0 Å². The molecule has 2 aromatic carbocycles. The van der Waals surface area contributed by atoms with Crippen molar-refractivity contribution in [1.82, 2.24) is 10.2 Å². The molecule has 0 bridgehead atoms. The molecule has 1 heterocycles. The number of carbonyl (C=O) groups excluding carboxylic acids is 3. The molecule has 3 N–H and O–H groups in total. The minimum Gasteiger partial charge on any atom is -0.466 e. The van der Waals surface area contributed by atoms with Gasteiger partial charge in [-0.1, -0.05) is 68.4 Å². The number of fused-ring (bicyclic) bond motifs is 1. The molecule has 1 saturated heterocycles. The Labute approximate surface area is 226 Å². The maximum Gasteiger partial charge on any atom is 0.314 e. The lowest BCUT2D eigenvalue weighted by atomic mass is 9.74. The Bertz CT molecular complexity index is 1130. The number of esters is 1. The van der Waals surface area contributed by atoms with Crippen LogP contribution in [0.25, 0.3) is 0 Å². The average molecular weight is 520 g/mol. The molecule has 0 spiro atoms. The van der Waals surface area contributed by atoms with E-state index in [4.69, 9.17) is 10.5 Å². The zero-order valence-corrected chi connectivity index (χ0v) is 22.9. The molecule has 0 aromatic heterocycles. The monoisotopic (exact) mass is 519 g/mol. The van der Waals surface area contributed by atoms with Crippen molar-refractivity contribution in [2.75, 3.05) is 19.7 Å². The van der Waals surface area contributed by atoms with E-state index in [1.165, 1.54) is 11.1 Å². The Morgan fingerprint density at radius 3 is 2.32 bits per heavy atom. The van der Waals surface area contributed by atoms with Gasteiger partial charge in [-0.15, -0.1) is 0 Å². The summed E-state index contributed by atoms with van der Waals surface area (Å²) in [5.41, 5.74) is 8.00. The first-order valence-electron chi connectivity index (χ1n) is 13.8. The van der Waals surface area contributed by atoms with Crippen LogP contribution in [0.5, 0.6) is 0 Å². The minimum atomic E-state index is -1.56. The second-order valence-corrected chi connectivity index (χ2v) is 11.4. The summed E-state index contributed by atoms with van der Waals surface area (Å²) in [6.45, 7) is 6.34. The van der Waals surface area contributed by atoms with E-state index in [2.05, 4.69) is 17.4 Å². The Balaban J connectivity index is 1.60. The third kappa shape index (κ3) is 6.09. The lowest BCUT2D eigenvalue weighted by molar-refractivity contribution is -0.162. The number of rotatable bonds is 9. The van der Waals surface area contributed by atoms with E-state index in [0.717, 1.165) is 18.4 Å². The molecule has 1 fully saturated rings. The van der Waals surface area contributed by atoms with Gasteiger partial charge in [0, 0.05) is 19.0 Å². The molecule has 1 aliphatic carbocycles. The molecule has 1 unspecified atom stereocenters. The lowest BCUT2D eigenvalue weighted by Crippen LogP contribution is -2.68. The molecule has 2 aliphatic rings. The van der Waals surface area contributed by atoms with Crippen LogP contribution in [-0.2, 0) is 38.4 Å². The van der Waals surface area contributed by atoms with Crippen LogP contribution in [0.2, 0.25) is 0 Å². The summed E-state index contributed by atoms with van der Waals surface area (Å²) in [6.07, 6.45) is 3.73. The van der Waals surface area contributed by atoms with Gasteiger partial charge in [0.1, 0.15) is 0 Å². The van der Waals surface area contributed by atoms with Crippen LogP contribution in [-0.4, -0.2) is 48.0 Å². The van der Waals surface area contributed by atoms with E-state index in [1.54, 1.807) is 25.7 Å². The Morgan fingerprint density at radius 2 is 1.71 bits per heavy atom. The van der Waals surface area contributed by atoms with Gasteiger partial charge in [-0.05, 0) is 68.1 Å². The standard InChI is InChI=1S/C31H41N3O4/c1-4-38-29(37)30(19-23-11-6-5-7-12-23)15-10-16-34(21-30)28(36)31(32,33-27(35)22(2)3)20-24-17-25-13-8-9-14-26(25)18-24/h5-9,11-14,22,24H,4,10,15-21,32H2,1-3H3,(H,33,35)/t30?,31-/m1/s1. The molecular weight excluding hydrogens is 478 g/mol. The van der Waals surface area contributed by atoms with Gasteiger partial charge in [-0.25, -0.2) is 0 Å². The van der Waals surface area contributed by atoms with Gasteiger partial charge in [-0.2, -0.15) is 0 Å². The lowest BCUT2D eigenvalue weighted by Gasteiger charge is -2.44. The van der Waals surface area contributed by atoms with Crippen molar-refractivity contribution in [3.63, 3.8) is 0 Å². The molecule has 7 heteroatoms. The molecule has 4 rings (SSSR count). The van der Waals surface area contributed by atoms with E-state index in [1.807, 2.05) is 42.5 Å². The number of ether oxygens (including phenoxy) is 1. The zero-order chi connectivity index (χ0) is 27.3. The molecule has 7 nitrogen and oxygen atoms in total. The predicted molar refractivity (Wildman–Crippen MR) is 147 cm³/mol. The highest BCUT2D eigenvalue weighted by atomic mass is 16.5. The second kappa shape index (κ2) is 11.7. The predicted octanol–water partition coefficient (Wildman–Crippen LogP) is 3.63. The SMILES string of the molecule is CCOC(=O)C1(Cc2ccccc2)CCCN(C(=O)[C@@](N)(CC2Cc3ccccc3C2)NC(=O)C(C)C)C1. The van der Waals surface area contributed by atoms with Crippen molar-refractivity contribution in [2.45, 2.75) is 65.0 Å². The maximum atomic E-state index is 14.2. The van der Waals surface area contributed by atoms with E-state index in [0.29, 0.717) is 32.2 Å². The van der Waals surface area contributed by atoms with Gasteiger partial charge in [0.2, 0.25) is 5.91 Å². The van der Waals surface area contributed by atoms with Gasteiger partial charge in [0.25, 0.3) is 5.91 Å². The molecule has 38 heavy (non-hydrogen) atoms. The van der Waals surface area contributed by atoms with Crippen molar-refractivity contribution in [2.24, 2.45) is 23.0 Å². The normalized spacial score (nSPS) is 21.0. The topological polar surface area (TPSA) is 102 Å². The number of nitrogens with two attached hydrogens (primary N) is 1. The van der Waals surface area contributed by atoms with Gasteiger partial charge < -0.3 is 20.7 Å². The summed E-state index contributed by atoms with van der Waals surface area (Å²) in [4.78, 5) is 42.1. The summed E-state index contributed by atoms with van der Waals surface area (Å²) in [5, 5.41) is 2.91. The molecular formula is C31H41N3O4. The number of amides is 2. The Kier molecular flexibility index (Phi) is 8.56. The highest BCUT2D eigenvalue weighted by Crippen LogP contribution is 2.37. The number of carbonyl (C=O) groups is 3. The maximum absolute atomic E-state index is 14.2. The Morgan fingerprint density at radius 1 is 1.08 bits per heavy atom. The van der Waals surface area contributed by atoms with Gasteiger partial charge in [0.15, 0.2) is 5.66 Å². The fourth-order valence-corrected chi connectivity index (χ4v) is 6.05. The third-order valence-corrected chi connectivity index (χ3v) is 7.96. The van der Waals surface area contributed by atoms with Crippen LogP contribution in [0, 0.1) is 17.3 Å². The summed E-state index contributed by atoms with van der Waals surface area (Å²) in [5.74, 6) is -1.05. The quantitative estimate of drug-likeness (QED) is 0.389. The third-order valence-electron chi connectivity index (χ3n) is 7.96. The first kappa shape index (κ1) is 27.8. The van der Waals surface area contributed by atoms with Crippen LogP contribution >= 0.6 is 0 Å². The van der Waals surface area contributed by atoms with Crippen LogP contribution in [0.3, 0.4) is 0 Å². The van der Waals surface area contributed by atoms with Crippen LogP contribution < -0.4 is 11.1 Å². The highest BCUT2D eigenvalue weighted by Gasteiger charge is 2.49. The molecule has 1 aliphatic heterocycles. The van der Waals surface area contributed by atoms with Crippen molar-refractivity contribution in [1.29, 1.82) is 0 Å².